The van der Waals surface area contributed by atoms with E-state index in [1.54, 1.807) is 0 Å². The van der Waals surface area contributed by atoms with Crippen LogP contribution in [0, 0.1) is 0 Å². The van der Waals surface area contributed by atoms with E-state index >= 15 is 0 Å². The minimum absolute atomic E-state index is 0.0289. The molecule has 0 aliphatic heterocycles. The first-order chi connectivity index (χ1) is 8.90. The molecule has 0 heterocycles. The van der Waals surface area contributed by atoms with Crippen molar-refractivity contribution in [3.8, 4) is 0 Å². The number of carboxylic acids is 1. The number of benzene rings is 1. The zero-order valence-electron chi connectivity index (χ0n) is 10.3. The number of aliphatic carboxylic acids is 1. The lowest BCUT2D eigenvalue weighted by molar-refractivity contribution is -0.141. The van der Waals surface area contributed by atoms with Crippen LogP contribution in [0.5, 0.6) is 0 Å². The van der Waals surface area contributed by atoms with Crippen molar-refractivity contribution in [1.29, 1.82) is 0 Å². The van der Waals surface area contributed by atoms with E-state index in [9.17, 15) is 18.3 Å². The van der Waals surface area contributed by atoms with Crippen molar-refractivity contribution in [2.75, 3.05) is 0 Å². The van der Waals surface area contributed by atoms with Crippen LogP contribution in [-0.2, 0) is 14.6 Å². The third kappa shape index (κ3) is 2.37. The molecule has 0 saturated heterocycles. The average Bonchev–Trinajstić information content (AvgIpc) is 2.39. The second kappa shape index (κ2) is 5.13. The standard InChI is InChI=1S/C13H15ClO4S/c14-10-4-6-11(7-5-10)19(17,18)13(12(15)16)8-2-1-3-9-13/h4-7H,1-3,8-9H2,(H,15,16). The minimum Gasteiger partial charge on any atom is -0.480 e. The van der Waals surface area contributed by atoms with E-state index in [2.05, 4.69) is 0 Å². The van der Waals surface area contributed by atoms with E-state index in [1.807, 2.05) is 0 Å². The van der Waals surface area contributed by atoms with Gasteiger partial charge in [0.15, 0.2) is 14.6 Å². The summed E-state index contributed by atoms with van der Waals surface area (Å²) in [6.07, 6.45) is 2.48. The van der Waals surface area contributed by atoms with Gasteiger partial charge in [0.1, 0.15) is 0 Å². The Hall–Kier alpha value is -1.07. The van der Waals surface area contributed by atoms with Crippen LogP contribution in [0.15, 0.2) is 29.2 Å². The molecule has 1 N–H and O–H groups in total. The Kier molecular flexibility index (Phi) is 3.87. The van der Waals surface area contributed by atoms with E-state index in [-0.39, 0.29) is 17.7 Å². The highest BCUT2D eigenvalue weighted by Gasteiger charge is 2.51. The van der Waals surface area contributed by atoms with Crippen LogP contribution in [0.3, 0.4) is 0 Å². The zero-order chi connectivity index (χ0) is 14.1. The second-order valence-electron chi connectivity index (χ2n) is 4.82. The van der Waals surface area contributed by atoms with Gasteiger partial charge in [-0.05, 0) is 37.1 Å². The SMILES string of the molecule is O=C(O)C1(S(=O)(=O)c2ccc(Cl)cc2)CCCCC1. The monoisotopic (exact) mass is 302 g/mol. The van der Waals surface area contributed by atoms with Crippen molar-refractivity contribution in [2.24, 2.45) is 0 Å². The third-order valence-corrected chi connectivity index (χ3v) is 6.45. The van der Waals surface area contributed by atoms with Gasteiger partial charge in [0, 0.05) is 5.02 Å². The molecule has 0 amide bonds. The molecule has 1 aromatic carbocycles. The van der Waals surface area contributed by atoms with Crippen molar-refractivity contribution in [3.05, 3.63) is 29.3 Å². The van der Waals surface area contributed by atoms with Crippen molar-refractivity contribution >= 4 is 27.4 Å². The fourth-order valence-corrected chi connectivity index (χ4v) is 4.69. The van der Waals surface area contributed by atoms with Crippen molar-refractivity contribution in [2.45, 2.75) is 41.7 Å². The number of carboxylic acid groups (broad SMARTS) is 1. The van der Waals surface area contributed by atoms with Crippen LogP contribution in [0.1, 0.15) is 32.1 Å². The molecule has 0 atom stereocenters. The van der Waals surface area contributed by atoms with Gasteiger partial charge in [0.2, 0.25) is 0 Å². The summed E-state index contributed by atoms with van der Waals surface area (Å²) < 4.78 is 23.6. The summed E-state index contributed by atoms with van der Waals surface area (Å²) in [5, 5.41) is 9.86. The normalized spacial score (nSPS) is 19.0. The molecule has 4 nitrogen and oxygen atoms in total. The third-order valence-electron chi connectivity index (χ3n) is 3.69. The smallest absolute Gasteiger partial charge is 0.325 e. The van der Waals surface area contributed by atoms with Gasteiger partial charge in [-0.15, -0.1) is 0 Å². The molecule has 1 aliphatic rings. The molecule has 1 aromatic rings. The highest BCUT2D eigenvalue weighted by atomic mass is 35.5. The van der Waals surface area contributed by atoms with E-state index in [4.69, 9.17) is 11.6 Å². The summed E-state index contributed by atoms with van der Waals surface area (Å²) in [4.78, 5) is 11.6. The van der Waals surface area contributed by atoms with Crippen LogP contribution in [-0.4, -0.2) is 24.2 Å². The Morgan fingerprint density at radius 1 is 1.11 bits per heavy atom. The molecule has 19 heavy (non-hydrogen) atoms. The molecule has 0 unspecified atom stereocenters. The predicted octanol–water partition coefficient (Wildman–Crippen LogP) is 2.90. The first kappa shape index (κ1) is 14.3. The number of halogens is 1. The maximum Gasteiger partial charge on any atom is 0.325 e. The van der Waals surface area contributed by atoms with Gasteiger partial charge < -0.3 is 5.11 Å². The maximum absolute atomic E-state index is 12.6. The van der Waals surface area contributed by atoms with Gasteiger partial charge >= 0.3 is 5.97 Å². The van der Waals surface area contributed by atoms with Crippen LogP contribution < -0.4 is 0 Å². The van der Waals surface area contributed by atoms with Gasteiger partial charge in [-0.1, -0.05) is 30.9 Å². The van der Waals surface area contributed by atoms with Gasteiger partial charge in [-0.2, -0.15) is 0 Å². The molecule has 6 heteroatoms. The van der Waals surface area contributed by atoms with Gasteiger partial charge in [-0.25, -0.2) is 8.42 Å². The molecule has 1 aliphatic carbocycles. The minimum atomic E-state index is -3.90. The topological polar surface area (TPSA) is 71.4 Å². The number of carbonyl (C=O) groups is 1. The molecule has 0 radical (unpaired) electrons. The summed E-state index contributed by atoms with van der Waals surface area (Å²) in [6, 6.07) is 5.67. The summed E-state index contributed by atoms with van der Waals surface area (Å²) >= 11 is 5.73. The quantitative estimate of drug-likeness (QED) is 0.932. The first-order valence-electron chi connectivity index (χ1n) is 6.14. The average molecular weight is 303 g/mol. The Balaban J connectivity index is 2.51. The summed E-state index contributed by atoms with van der Waals surface area (Å²) in [6.45, 7) is 0. The summed E-state index contributed by atoms with van der Waals surface area (Å²) in [5.74, 6) is -1.25. The second-order valence-corrected chi connectivity index (χ2v) is 7.51. The van der Waals surface area contributed by atoms with Gasteiger partial charge in [0.05, 0.1) is 4.90 Å². The Morgan fingerprint density at radius 2 is 1.63 bits per heavy atom. The lowest BCUT2D eigenvalue weighted by Gasteiger charge is -2.32. The van der Waals surface area contributed by atoms with E-state index in [1.165, 1.54) is 24.3 Å². The summed E-state index contributed by atoms with van der Waals surface area (Å²) in [7, 11) is -3.90. The number of hydrogen-bond acceptors (Lipinski definition) is 3. The van der Waals surface area contributed by atoms with E-state index < -0.39 is 20.6 Å². The fourth-order valence-electron chi connectivity index (χ4n) is 2.56. The lowest BCUT2D eigenvalue weighted by Crippen LogP contribution is -2.47. The summed E-state index contributed by atoms with van der Waals surface area (Å²) in [5.41, 5.74) is 0. The number of rotatable bonds is 3. The largest absolute Gasteiger partial charge is 0.480 e. The highest BCUT2D eigenvalue weighted by Crippen LogP contribution is 2.39. The molecule has 0 spiro atoms. The van der Waals surface area contributed by atoms with Crippen LogP contribution in [0.2, 0.25) is 5.02 Å². The Labute approximate surface area is 117 Å². The van der Waals surface area contributed by atoms with Crippen molar-refractivity contribution < 1.29 is 18.3 Å². The Bertz CT molecular complexity index is 571. The molecule has 0 bridgehead atoms. The van der Waals surface area contributed by atoms with Crippen LogP contribution in [0.25, 0.3) is 0 Å². The van der Waals surface area contributed by atoms with E-state index in [0.29, 0.717) is 17.9 Å². The molecule has 2 rings (SSSR count). The molecule has 104 valence electrons. The molecule has 1 fully saturated rings. The van der Waals surface area contributed by atoms with Crippen LogP contribution >= 0.6 is 11.6 Å². The Morgan fingerprint density at radius 3 is 2.11 bits per heavy atom. The number of sulfone groups is 1. The zero-order valence-corrected chi connectivity index (χ0v) is 11.9. The van der Waals surface area contributed by atoms with E-state index in [0.717, 1.165) is 6.42 Å². The maximum atomic E-state index is 12.6. The molecule has 1 saturated carbocycles. The number of hydrogen-bond donors (Lipinski definition) is 1. The fraction of sp³-hybridized carbons (Fsp3) is 0.462. The molecule has 0 aromatic heterocycles. The van der Waals surface area contributed by atoms with Crippen LogP contribution in [0.4, 0.5) is 0 Å². The van der Waals surface area contributed by atoms with Gasteiger partial charge in [-0.3, -0.25) is 4.79 Å². The predicted molar refractivity (Wildman–Crippen MR) is 72.1 cm³/mol. The highest BCUT2D eigenvalue weighted by molar-refractivity contribution is 7.93. The first-order valence-corrected chi connectivity index (χ1v) is 8.00. The molecular formula is C13H15ClO4S. The van der Waals surface area contributed by atoms with Gasteiger partial charge in [0.25, 0.3) is 0 Å². The van der Waals surface area contributed by atoms with Crippen molar-refractivity contribution in [1.82, 2.24) is 0 Å². The molecular weight excluding hydrogens is 288 g/mol. The van der Waals surface area contributed by atoms with Crippen molar-refractivity contribution in [3.63, 3.8) is 0 Å². The lowest BCUT2D eigenvalue weighted by atomic mass is 9.88.